The molecule has 1 N–H and O–H groups in total. The second kappa shape index (κ2) is 9.38. The minimum atomic E-state index is -0.641. The van der Waals surface area contributed by atoms with E-state index in [1.165, 1.54) is 18.9 Å². The van der Waals surface area contributed by atoms with Gasteiger partial charge in [0.2, 0.25) is 5.91 Å². The van der Waals surface area contributed by atoms with Crippen LogP contribution in [-0.4, -0.2) is 45.5 Å². The Labute approximate surface area is 157 Å². The van der Waals surface area contributed by atoms with Gasteiger partial charge in [0.1, 0.15) is 6.04 Å². The van der Waals surface area contributed by atoms with Crippen LogP contribution in [0.3, 0.4) is 0 Å². The van der Waals surface area contributed by atoms with Crippen LogP contribution >= 0.6 is 11.8 Å². The van der Waals surface area contributed by atoms with Crippen LogP contribution in [0.5, 0.6) is 0 Å². The maximum absolute atomic E-state index is 12.3. The van der Waals surface area contributed by atoms with Crippen molar-refractivity contribution in [3.63, 3.8) is 0 Å². The van der Waals surface area contributed by atoms with Crippen LogP contribution in [0, 0.1) is 5.92 Å². The van der Waals surface area contributed by atoms with E-state index in [0.29, 0.717) is 5.16 Å². The highest BCUT2D eigenvalue weighted by Crippen LogP contribution is 2.22. The Morgan fingerprint density at radius 2 is 1.96 bits per heavy atom. The fraction of sp³-hybridized carbons (Fsp3) is 0.444. The number of methoxy groups -OCH3 is 1. The average molecular weight is 376 g/mol. The molecule has 8 heteroatoms. The molecule has 140 valence electrons. The van der Waals surface area contributed by atoms with Crippen molar-refractivity contribution in [1.29, 1.82) is 0 Å². The topological polar surface area (TPSA) is 86.1 Å². The van der Waals surface area contributed by atoms with Gasteiger partial charge < -0.3 is 14.6 Å². The predicted octanol–water partition coefficient (Wildman–Crippen LogP) is 2.28. The van der Waals surface area contributed by atoms with E-state index >= 15 is 0 Å². The van der Waals surface area contributed by atoms with E-state index in [1.807, 2.05) is 55.8 Å². The summed E-state index contributed by atoms with van der Waals surface area (Å²) in [5.74, 6) is 0.208. The van der Waals surface area contributed by atoms with Crippen molar-refractivity contribution in [2.24, 2.45) is 13.0 Å². The van der Waals surface area contributed by atoms with Gasteiger partial charge in [-0.3, -0.25) is 4.79 Å². The zero-order valence-electron chi connectivity index (χ0n) is 15.4. The quantitative estimate of drug-likeness (QED) is 0.562. The number of rotatable bonds is 8. The minimum Gasteiger partial charge on any atom is -0.467 e. The Kier molecular flexibility index (Phi) is 7.20. The fourth-order valence-electron chi connectivity index (χ4n) is 2.42. The molecule has 0 saturated heterocycles. The molecule has 0 spiro atoms. The van der Waals surface area contributed by atoms with Gasteiger partial charge in [-0.2, -0.15) is 0 Å². The zero-order valence-corrected chi connectivity index (χ0v) is 16.2. The number of ether oxygens (including phenoxy) is 1. The lowest BCUT2D eigenvalue weighted by molar-refractivity contribution is -0.146. The van der Waals surface area contributed by atoms with Crippen LogP contribution in [0.1, 0.15) is 20.3 Å². The number of hydrogen-bond acceptors (Lipinski definition) is 6. The number of carbonyl (C=O) groups is 2. The van der Waals surface area contributed by atoms with Gasteiger partial charge in [0, 0.05) is 12.6 Å². The van der Waals surface area contributed by atoms with Gasteiger partial charge in [-0.25, -0.2) is 4.79 Å². The van der Waals surface area contributed by atoms with Gasteiger partial charge in [-0.15, -0.1) is 10.2 Å². The first-order valence-corrected chi connectivity index (χ1v) is 9.41. The van der Waals surface area contributed by atoms with Crippen molar-refractivity contribution in [2.45, 2.75) is 31.5 Å². The Balaban J connectivity index is 1.99. The summed E-state index contributed by atoms with van der Waals surface area (Å²) in [6.45, 7) is 3.87. The van der Waals surface area contributed by atoms with Crippen molar-refractivity contribution in [3.05, 3.63) is 30.3 Å². The van der Waals surface area contributed by atoms with Crippen molar-refractivity contribution in [1.82, 2.24) is 20.1 Å². The van der Waals surface area contributed by atoms with Gasteiger partial charge in [0.05, 0.1) is 12.9 Å². The Morgan fingerprint density at radius 3 is 2.58 bits per heavy atom. The maximum Gasteiger partial charge on any atom is 0.328 e. The summed E-state index contributed by atoms with van der Waals surface area (Å²) in [4.78, 5) is 24.1. The highest BCUT2D eigenvalue weighted by atomic mass is 32.2. The molecular formula is C18H24N4O3S. The summed E-state index contributed by atoms with van der Waals surface area (Å²) in [7, 11) is 3.18. The van der Waals surface area contributed by atoms with Gasteiger partial charge >= 0.3 is 5.97 Å². The highest BCUT2D eigenvalue weighted by molar-refractivity contribution is 7.99. The van der Waals surface area contributed by atoms with Gasteiger partial charge in [0.15, 0.2) is 11.0 Å². The molecule has 0 unspecified atom stereocenters. The molecule has 2 rings (SSSR count). The van der Waals surface area contributed by atoms with Crippen LogP contribution in [0.4, 0.5) is 0 Å². The van der Waals surface area contributed by atoms with Crippen LogP contribution < -0.4 is 5.32 Å². The summed E-state index contributed by atoms with van der Waals surface area (Å²) in [6, 6.07) is 9.08. The molecule has 0 fully saturated rings. The van der Waals surface area contributed by atoms with Crippen LogP contribution in [0.15, 0.2) is 35.5 Å². The molecule has 26 heavy (non-hydrogen) atoms. The third kappa shape index (κ3) is 4.85. The fourth-order valence-corrected chi connectivity index (χ4v) is 3.14. The number of hydrogen-bond donors (Lipinski definition) is 1. The summed E-state index contributed by atoms with van der Waals surface area (Å²) in [5.41, 5.74) is 0.960. The van der Waals surface area contributed by atoms with E-state index in [2.05, 4.69) is 15.5 Å². The molecule has 1 aromatic heterocycles. The first kappa shape index (κ1) is 20.0. The van der Waals surface area contributed by atoms with Gasteiger partial charge in [-0.1, -0.05) is 62.4 Å². The molecule has 7 nitrogen and oxygen atoms in total. The average Bonchev–Trinajstić information content (AvgIpc) is 3.04. The first-order chi connectivity index (χ1) is 12.5. The standard InChI is InChI=1S/C18H24N4O3S/c1-5-12(2)15(17(24)25-4)19-14(23)11-26-18-21-20-16(22(18)3)13-9-7-6-8-10-13/h6-10,12,15H,5,11H2,1-4H3,(H,19,23)/t12-,15+/m0/s1. The second-order valence-electron chi connectivity index (χ2n) is 5.97. The molecule has 0 aliphatic carbocycles. The number of carbonyl (C=O) groups excluding carboxylic acids is 2. The van der Waals surface area contributed by atoms with Crippen LogP contribution in [-0.2, 0) is 21.4 Å². The Hall–Kier alpha value is -2.35. The van der Waals surface area contributed by atoms with E-state index in [-0.39, 0.29) is 17.6 Å². The lowest BCUT2D eigenvalue weighted by Crippen LogP contribution is -2.46. The molecule has 0 bridgehead atoms. The smallest absolute Gasteiger partial charge is 0.328 e. The largest absolute Gasteiger partial charge is 0.467 e. The predicted molar refractivity (Wildman–Crippen MR) is 101 cm³/mol. The zero-order chi connectivity index (χ0) is 19.1. The molecular weight excluding hydrogens is 352 g/mol. The first-order valence-electron chi connectivity index (χ1n) is 8.42. The molecule has 0 aliphatic heterocycles. The van der Waals surface area contributed by atoms with Crippen molar-refractivity contribution in [2.75, 3.05) is 12.9 Å². The van der Waals surface area contributed by atoms with Crippen molar-refractivity contribution in [3.8, 4) is 11.4 Å². The van der Waals surface area contributed by atoms with E-state index in [0.717, 1.165) is 17.8 Å². The number of nitrogens with zero attached hydrogens (tertiary/aromatic N) is 3. The number of thioether (sulfide) groups is 1. The third-order valence-electron chi connectivity index (χ3n) is 4.18. The molecule has 0 aliphatic rings. The number of benzene rings is 1. The Morgan fingerprint density at radius 1 is 1.27 bits per heavy atom. The summed E-state index contributed by atoms with van der Waals surface area (Å²) >= 11 is 1.28. The molecule has 1 aromatic carbocycles. The summed E-state index contributed by atoms with van der Waals surface area (Å²) < 4.78 is 6.63. The van der Waals surface area contributed by atoms with E-state index < -0.39 is 12.0 Å². The van der Waals surface area contributed by atoms with Gasteiger partial charge in [-0.05, 0) is 5.92 Å². The van der Waals surface area contributed by atoms with E-state index in [9.17, 15) is 9.59 Å². The summed E-state index contributed by atoms with van der Waals surface area (Å²) in [5, 5.41) is 11.7. The van der Waals surface area contributed by atoms with Crippen molar-refractivity contribution < 1.29 is 14.3 Å². The SMILES string of the molecule is CC[C@H](C)[C@@H](NC(=O)CSc1nnc(-c2ccccc2)n1C)C(=O)OC. The minimum absolute atomic E-state index is 0.00379. The molecule has 2 atom stereocenters. The molecule has 0 radical (unpaired) electrons. The molecule has 1 amide bonds. The van der Waals surface area contributed by atoms with Gasteiger partial charge in [0.25, 0.3) is 0 Å². The molecule has 1 heterocycles. The summed E-state index contributed by atoms with van der Waals surface area (Å²) in [6.07, 6.45) is 0.761. The number of nitrogens with one attached hydrogen (secondary N) is 1. The second-order valence-corrected chi connectivity index (χ2v) is 6.92. The maximum atomic E-state index is 12.3. The van der Waals surface area contributed by atoms with E-state index in [1.54, 1.807) is 0 Å². The highest BCUT2D eigenvalue weighted by Gasteiger charge is 2.26. The lowest BCUT2D eigenvalue weighted by atomic mass is 9.99. The van der Waals surface area contributed by atoms with Crippen LogP contribution in [0.2, 0.25) is 0 Å². The number of aromatic nitrogens is 3. The number of esters is 1. The monoisotopic (exact) mass is 376 g/mol. The van der Waals surface area contributed by atoms with Crippen LogP contribution in [0.25, 0.3) is 11.4 Å². The molecule has 2 aromatic rings. The van der Waals surface area contributed by atoms with E-state index in [4.69, 9.17) is 4.74 Å². The third-order valence-corrected chi connectivity index (χ3v) is 5.20. The van der Waals surface area contributed by atoms with Crippen molar-refractivity contribution >= 4 is 23.6 Å². The number of amides is 1. The molecule has 0 saturated carbocycles. The normalized spacial score (nSPS) is 13.1. The lowest BCUT2D eigenvalue weighted by Gasteiger charge is -2.21. The Bertz CT molecular complexity index is 748.